The Hall–Kier alpha value is -3.01. The Morgan fingerprint density at radius 2 is 1.79 bits per heavy atom. The first-order chi connectivity index (χ1) is 18.6. The number of ketones is 1. The number of nitrogens with one attached hydrogen (secondary N) is 2. The SMILES string of the molecule is CC(C)NC(=O)[C@H]1CCC[C@H]1Cc1nc(Nc2ccc(C(=O)CCCN3CCCC3)cc2)ncc1C(F)(F)F. The second-order valence-corrected chi connectivity index (χ2v) is 11.0. The molecule has 39 heavy (non-hydrogen) atoms. The van der Waals surface area contributed by atoms with Gasteiger partial charge in [0.2, 0.25) is 11.9 Å². The van der Waals surface area contributed by atoms with E-state index in [9.17, 15) is 22.8 Å². The lowest BCUT2D eigenvalue weighted by atomic mass is 9.89. The molecule has 0 radical (unpaired) electrons. The number of Topliss-reactive ketones (excluding diaryl/α,β-unsaturated/α-hetero) is 1. The minimum Gasteiger partial charge on any atom is -0.354 e. The number of hydrogen-bond acceptors (Lipinski definition) is 6. The van der Waals surface area contributed by atoms with Crippen LogP contribution >= 0.6 is 0 Å². The van der Waals surface area contributed by atoms with E-state index in [-0.39, 0.29) is 47.6 Å². The summed E-state index contributed by atoms with van der Waals surface area (Å²) in [5, 5.41) is 5.86. The summed E-state index contributed by atoms with van der Waals surface area (Å²) in [6.45, 7) is 6.88. The molecule has 1 saturated carbocycles. The molecule has 2 heterocycles. The fourth-order valence-corrected chi connectivity index (χ4v) is 5.62. The van der Waals surface area contributed by atoms with Gasteiger partial charge in [-0.2, -0.15) is 13.2 Å². The number of aromatic nitrogens is 2. The average molecular weight is 546 g/mol. The van der Waals surface area contributed by atoms with E-state index in [1.165, 1.54) is 12.8 Å². The van der Waals surface area contributed by atoms with Crippen molar-refractivity contribution in [1.29, 1.82) is 0 Å². The maximum atomic E-state index is 13.8. The van der Waals surface area contributed by atoms with Gasteiger partial charge in [-0.1, -0.05) is 6.42 Å². The number of benzene rings is 1. The first-order valence-corrected chi connectivity index (χ1v) is 14.0. The zero-order valence-electron chi connectivity index (χ0n) is 22.7. The summed E-state index contributed by atoms with van der Waals surface area (Å²) in [5.74, 6) is -0.548. The molecule has 212 valence electrons. The zero-order valence-corrected chi connectivity index (χ0v) is 22.7. The predicted octanol–water partition coefficient (Wildman–Crippen LogP) is 5.78. The quantitative estimate of drug-likeness (QED) is 0.348. The number of amides is 1. The lowest BCUT2D eigenvalue weighted by molar-refractivity contribution is -0.138. The molecule has 2 N–H and O–H groups in total. The summed E-state index contributed by atoms with van der Waals surface area (Å²) in [6, 6.07) is 6.80. The number of rotatable bonds is 11. The van der Waals surface area contributed by atoms with Crippen LogP contribution in [0.5, 0.6) is 0 Å². The van der Waals surface area contributed by atoms with Gasteiger partial charge in [0.1, 0.15) is 0 Å². The van der Waals surface area contributed by atoms with E-state index in [1.807, 2.05) is 13.8 Å². The van der Waals surface area contributed by atoms with Gasteiger partial charge in [-0.15, -0.1) is 0 Å². The van der Waals surface area contributed by atoms with E-state index in [4.69, 9.17) is 0 Å². The van der Waals surface area contributed by atoms with Crippen LogP contribution in [0.4, 0.5) is 24.8 Å². The third-order valence-electron chi connectivity index (χ3n) is 7.60. The van der Waals surface area contributed by atoms with E-state index in [0.717, 1.165) is 38.7 Å². The molecule has 7 nitrogen and oxygen atoms in total. The summed E-state index contributed by atoms with van der Waals surface area (Å²) < 4.78 is 41.4. The van der Waals surface area contributed by atoms with Crippen molar-refractivity contribution >= 4 is 23.3 Å². The molecule has 0 bridgehead atoms. The van der Waals surface area contributed by atoms with Crippen molar-refractivity contribution in [2.45, 2.75) is 77.4 Å². The standard InChI is InChI=1S/C29H38F3N5O2/c1-19(2)34-27(39)23-8-5-7-21(23)17-25-24(29(30,31)32)18-33-28(36-25)35-22-12-10-20(11-13-22)26(38)9-6-16-37-14-3-4-15-37/h10-13,18-19,21,23H,3-9,14-17H2,1-2H3,(H,34,39)(H,33,35,36)/t21-,23-/m0/s1. The van der Waals surface area contributed by atoms with Gasteiger partial charge >= 0.3 is 6.18 Å². The molecular weight excluding hydrogens is 507 g/mol. The zero-order chi connectivity index (χ0) is 28.0. The number of carbonyl (C=O) groups excluding carboxylic acids is 2. The third kappa shape index (κ3) is 8.00. The predicted molar refractivity (Wildman–Crippen MR) is 144 cm³/mol. The van der Waals surface area contributed by atoms with Gasteiger partial charge in [0.15, 0.2) is 5.78 Å². The van der Waals surface area contributed by atoms with Crippen molar-refractivity contribution in [2.24, 2.45) is 11.8 Å². The summed E-state index contributed by atoms with van der Waals surface area (Å²) in [4.78, 5) is 35.7. The van der Waals surface area contributed by atoms with Crippen LogP contribution in [0.15, 0.2) is 30.5 Å². The average Bonchev–Trinajstić information content (AvgIpc) is 3.56. The molecule has 10 heteroatoms. The van der Waals surface area contributed by atoms with Crippen molar-refractivity contribution in [3.8, 4) is 0 Å². The maximum Gasteiger partial charge on any atom is 0.419 e. The van der Waals surface area contributed by atoms with Crippen LogP contribution < -0.4 is 10.6 Å². The van der Waals surface area contributed by atoms with Crippen molar-refractivity contribution in [3.05, 3.63) is 47.3 Å². The molecule has 2 atom stereocenters. The lowest BCUT2D eigenvalue weighted by Crippen LogP contribution is -2.37. The van der Waals surface area contributed by atoms with E-state index in [1.54, 1.807) is 24.3 Å². The Bertz CT molecular complexity index is 1130. The number of alkyl halides is 3. The van der Waals surface area contributed by atoms with Crippen molar-refractivity contribution in [1.82, 2.24) is 20.2 Å². The molecule has 0 unspecified atom stereocenters. The van der Waals surface area contributed by atoms with Crippen molar-refractivity contribution in [3.63, 3.8) is 0 Å². The summed E-state index contributed by atoms with van der Waals surface area (Å²) in [6.07, 6.45) is 2.13. The minimum absolute atomic E-state index is 0.0315. The topological polar surface area (TPSA) is 87.2 Å². The third-order valence-corrected chi connectivity index (χ3v) is 7.60. The lowest BCUT2D eigenvalue weighted by Gasteiger charge is -2.22. The number of anilines is 2. The molecular formula is C29H38F3N5O2. The van der Waals surface area contributed by atoms with Crippen LogP contribution in [0.25, 0.3) is 0 Å². The van der Waals surface area contributed by atoms with Crippen LogP contribution in [0, 0.1) is 11.8 Å². The summed E-state index contributed by atoms with van der Waals surface area (Å²) in [5.41, 5.74) is 0.184. The second-order valence-electron chi connectivity index (χ2n) is 11.0. The Morgan fingerprint density at radius 1 is 1.08 bits per heavy atom. The summed E-state index contributed by atoms with van der Waals surface area (Å²) >= 11 is 0. The molecule has 1 amide bonds. The summed E-state index contributed by atoms with van der Waals surface area (Å²) in [7, 11) is 0. The molecule has 0 spiro atoms. The number of halogens is 3. The van der Waals surface area contributed by atoms with Gasteiger partial charge in [0, 0.05) is 35.8 Å². The number of nitrogens with zero attached hydrogens (tertiary/aromatic N) is 3. The molecule has 4 rings (SSSR count). The van der Waals surface area contributed by atoms with Gasteiger partial charge in [0.05, 0.1) is 11.3 Å². The Balaban J connectivity index is 1.42. The molecule has 1 aliphatic carbocycles. The fraction of sp³-hybridized carbons (Fsp3) is 0.586. The van der Waals surface area contributed by atoms with Gasteiger partial charge in [0.25, 0.3) is 0 Å². The van der Waals surface area contributed by atoms with Crippen LogP contribution in [-0.2, 0) is 17.4 Å². The van der Waals surface area contributed by atoms with Crippen molar-refractivity contribution in [2.75, 3.05) is 25.0 Å². The highest BCUT2D eigenvalue weighted by molar-refractivity contribution is 5.96. The molecule has 1 aliphatic heterocycles. The highest BCUT2D eigenvalue weighted by atomic mass is 19.4. The van der Waals surface area contributed by atoms with E-state index in [2.05, 4.69) is 25.5 Å². The Labute approximate surface area is 228 Å². The first-order valence-electron chi connectivity index (χ1n) is 14.0. The Morgan fingerprint density at radius 3 is 2.46 bits per heavy atom. The number of likely N-dealkylation sites (tertiary alicyclic amines) is 1. The van der Waals surface area contributed by atoms with Gasteiger partial charge in [-0.3, -0.25) is 9.59 Å². The van der Waals surface area contributed by atoms with Crippen LogP contribution in [-0.4, -0.2) is 52.2 Å². The Kier molecular flexibility index (Phi) is 9.58. The minimum atomic E-state index is -4.60. The smallest absolute Gasteiger partial charge is 0.354 e. The van der Waals surface area contributed by atoms with E-state index < -0.39 is 11.7 Å². The highest BCUT2D eigenvalue weighted by Crippen LogP contribution is 2.38. The van der Waals surface area contributed by atoms with Gasteiger partial charge in [-0.25, -0.2) is 9.97 Å². The molecule has 2 fully saturated rings. The highest BCUT2D eigenvalue weighted by Gasteiger charge is 2.39. The number of carbonyl (C=O) groups is 2. The van der Waals surface area contributed by atoms with Gasteiger partial charge in [-0.05, 0) is 102 Å². The molecule has 1 aromatic carbocycles. The molecule has 1 saturated heterocycles. The molecule has 2 aromatic rings. The van der Waals surface area contributed by atoms with Crippen LogP contribution in [0.1, 0.15) is 80.4 Å². The molecule has 2 aliphatic rings. The van der Waals surface area contributed by atoms with Crippen LogP contribution in [0.3, 0.4) is 0 Å². The van der Waals surface area contributed by atoms with Crippen molar-refractivity contribution < 1.29 is 22.8 Å². The van der Waals surface area contributed by atoms with Crippen LogP contribution in [0.2, 0.25) is 0 Å². The van der Waals surface area contributed by atoms with E-state index in [0.29, 0.717) is 30.5 Å². The fourth-order valence-electron chi connectivity index (χ4n) is 5.62. The monoisotopic (exact) mass is 545 g/mol. The van der Waals surface area contributed by atoms with Gasteiger partial charge < -0.3 is 15.5 Å². The normalized spacial score (nSPS) is 19.9. The maximum absolute atomic E-state index is 13.8. The molecule has 1 aromatic heterocycles. The first kappa shape index (κ1) is 29.0. The second kappa shape index (κ2) is 12.9. The largest absolute Gasteiger partial charge is 0.419 e. The van der Waals surface area contributed by atoms with E-state index >= 15 is 0 Å². The number of hydrogen-bond donors (Lipinski definition) is 2.